The third-order valence-electron chi connectivity index (χ3n) is 2.85. The first kappa shape index (κ1) is 16.2. The van der Waals surface area contributed by atoms with Crippen LogP contribution in [-0.2, 0) is 0 Å². The Bertz CT molecular complexity index is 501. The molecule has 0 aliphatic carbocycles. The van der Waals surface area contributed by atoms with E-state index in [9.17, 15) is 4.79 Å². The van der Waals surface area contributed by atoms with E-state index in [2.05, 4.69) is 11.8 Å². The van der Waals surface area contributed by atoms with Crippen molar-refractivity contribution < 1.29 is 9.90 Å². The molecule has 0 aliphatic heterocycles. The number of carbonyl (C=O) groups is 1. The van der Waals surface area contributed by atoms with Crippen molar-refractivity contribution in [1.29, 1.82) is 0 Å². The number of benzene rings is 1. The smallest absolute Gasteiger partial charge is 0.254 e. The maximum atomic E-state index is 12.4. The fourth-order valence-corrected chi connectivity index (χ4v) is 1.65. The van der Waals surface area contributed by atoms with E-state index < -0.39 is 0 Å². The van der Waals surface area contributed by atoms with Crippen LogP contribution in [0, 0.1) is 11.8 Å². The minimum atomic E-state index is -0.0271. The van der Waals surface area contributed by atoms with Crippen molar-refractivity contribution >= 4 is 5.91 Å². The molecule has 0 heterocycles. The second kappa shape index (κ2) is 8.36. The average Bonchev–Trinajstić information content (AvgIpc) is 2.44. The Morgan fingerprint density at radius 3 is 2.55 bits per heavy atom. The summed E-state index contributed by atoms with van der Waals surface area (Å²) < 4.78 is 0. The molecule has 0 atom stereocenters. The van der Waals surface area contributed by atoms with Crippen LogP contribution < -0.4 is 0 Å². The highest BCUT2D eigenvalue weighted by Crippen LogP contribution is 2.10. The van der Waals surface area contributed by atoms with E-state index >= 15 is 0 Å². The van der Waals surface area contributed by atoms with Gasteiger partial charge in [-0.1, -0.05) is 24.0 Å². The monoisotopic (exact) mass is 274 g/mol. The molecule has 0 bridgehead atoms. The van der Waals surface area contributed by atoms with Gasteiger partial charge in [0, 0.05) is 32.1 Å². The van der Waals surface area contributed by atoms with Gasteiger partial charge in [-0.2, -0.15) is 0 Å². The van der Waals surface area contributed by atoms with Crippen LogP contribution in [0.25, 0.3) is 0 Å². The summed E-state index contributed by atoms with van der Waals surface area (Å²) in [4.78, 5) is 16.1. The first-order valence-electron chi connectivity index (χ1n) is 6.65. The molecule has 4 heteroatoms. The standard InChI is InChI=1S/C16H22N2O2/c1-17(2)11-12-18(3)16(20)15-10-5-4-8-14(15)9-6-7-13-19/h4-5,8,10,19H,7,11-13H2,1-3H3. The highest BCUT2D eigenvalue weighted by Gasteiger charge is 2.14. The van der Waals surface area contributed by atoms with Crippen molar-refractivity contribution in [3.05, 3.63) is 35.4 Å². The number of amides is 1. The number of hydrogen-bond acceptors (Lipinski definition) is 3. The Labute approximate surface area is 121 Å². The fourth-order valence-electron chi connectivity index (χ4n) is 1.65. The molecule has 20 heavy (non-hydrogen) atoms. The Morgan fingerprint density at radius 2 is 1.90 bits per heavy atom. The molecule has 0 saturated heterocycles. The number of aliphatic hydroxyl groups is 1. The van der Waals surface area contributed by atoms with Gasteiger partial charge in [0.15, 0.2) is 0 Å². The number of carbonyl (C=O) groups excluding carboxylic acids is 1. The van der Waals surface area contributed by atoms with Crippen molar-refractivity contribution in [3.8, 4) is 11.8 Å². The SMILES string of the molecule is CN(C)CCN(C)C(=O)c1ccccc1C#CCCO. The lowest BCUT2D eigenvalue weighted by molar-refractivity contribution is 0.0786. The zero-order valence-electron chi connectivity index (χ0n) is 12.4. The maximum absolute atomic E-state index is 12.4. The lowest BCUT2D eigenvalue weighted by Gasteiger charge is -2.20. The Hall–Kier alpha value is -1.83. The second-order valence-electron chi connectivity index (χ2n) is 4.85. The molecular formula is C16H22N2O2. The van der Waals surface area contributed by atoms with Gasteiger partial charge in [0.25, 0.3) is 5.91 Å². The molecule has 0 spiro atoms. The summed E-state index contributed by atoms with van der Waals surface area (Å²) in [6.45, 7) is 1.52. The van der Waals surface area contributed by atoms with Gasteiger partial charge < -0.3 is 14.9 Å². The van der Waals surface area contributed by atoms with Crippen molar-refractivity contribution in [2.75, 3.05) is 40.8 Å². The van der Waals surface area contributed by atoms with E-state index in [1.807, 2.05) is 37.2 Å². The van der Waals surface area contributed by atoms with Gasteiger partial charge in [0.1, 0.15) is 0 Å². The normalized spacial score (nSPS) is 10.1. The molecule has 0 radical (unpaired) electrons. The molecule has 0 saturated carbocycles. The summed E-state index contributed by atoms with van der Waals surface area (Å²) in [5, 5.41) is 8.75. The maximum Gasteiger partial charge on any atom is 0.254 e. The molecular weight excluding hydrogens is 252 g/mol. The van der Waals surface area contributed by atoms with Gasteiger partial charge in [-0.15, -0.1) is 0 Å². The lowest BCUT2D eigenvalue weighted by Crippen LogP contribution is -2.33. The molecule has 1 amide bonds. The molecule has 0 fully saturated rings. The summed E-state index contributed by atoms with van der Waals surface area (Å²) in [6, 6.07) is 7.32. The summed E-state index contributed by atoms with van der Waals surface area (Å²) in [5.74, 6) is 5.78. The summed E-state index contributed by atoms with van der Waals surface area (Å²) in [7, 11) is 5.75. The van der Waals surface area contributed by atoms with Crippen LogP contribution in [0.5, 0.6) is 0 Å². The van der Waals surface area contributed by atoms with Crippen molar-refractivity contribution in [2.45, 2.75) is 6.42 Å². The number of hydrogen-bond donors (Lipinski definition) is 1. The van der Waals surface area contributed by atoms with Crippen LogP contribution in [0.3, 0.4) is 0 Å². The van der Waals surface area contributed by atoms with E-state index in [0.717, 1.165) is 6.54 Å². The topological polar surface area (TPSA) is 43.8 Å². The predicted octanol–water partition coefficient (Wildman–Crippen LogP) is 1.05. The molecule has 0 unspecified atom stereocenters. The first-order valence-corrected chi connectivity index (χ1v) is 6.65. The number of nitrogens with zero attached hydrogens (tertiary/aromatic N) is 2. The van der Waals surface area contributed by atoms with Crippen LogP contribution >= 0.6 is 0 Å². The molecule has 0 aliphatic rings. The Kier molecular flexibility index (Phi) is 6.78. The molecule has 1 aromatic carbocycles. The van der Waals surface area contributed by atoms with Crippen LogP contribution in [-0.4, -0.2) is 61.7 Å². The summed E-state index contributed by atoms with van der Waals surface area (Å²) in [6.07, 6.45) is 0.416. The highest BCUT2D eigenvalue weighted by atomic mass is 16.2. The van der Waals surface area contributed by atoms with Gasteiger partial charge >= 0.3 is 0 Å². The van der Waals surface area contributed by atoms with Gasteiger partial charge in [-0.3, -0.25) is 4.79 Å². The van der Waals surface area contributed by atoms with Gasteiger partial charge in [-0.05, 0) is 26.2 Å². The molecule has 0 aromatic heterocycles. The minimum Gasteiger partial charge on any atom is -0.395 e. The van der Waals surface area contributed by atoms with Crippen LogP contribution in [0.4, 0.5) is 0 Å². The molecule has 108 valence electrons. The van der Waals surface area contributed by atoms with Crippen LogP contribution in [0.2, 0.25) is 0 Å². The Morgan fingerprint density at radius 1 is 1.20 bits per heavy atom. The third-order valence-corrected chi connectivity index (χ3v) is 2.85. The van der Waals surface area contributed by atoms with Gasteiger partial charge in [0.05, 0.1) is 12.2 Å². The lowest BCUT2D eigenvalue weighted by atomic mass is 10.1. The predicted molar refractivity (Wildman–Crippen MR) is 80.5 cm³/mol. The molecule has 1 N–H and O–H groups in total. The van der Waals surface area contributed by atoms with Gasteiger partial charge in [-0.25, -0.2) is 0 Å². The van der Waals surface area contributed by atoms with E-state index in [0.29, 0.717) is 24.1 Å². The van der Waals surface area contributed by atoms with E-state index in [4.69, 9.17) is 5.11 Å². The van der Waals surface area contributed by atoms with Gasteiger partial charge in [0.2, 0.25) is 0 Å². The zero-order chi connectivity index (χ0) is 15.0. The highest BCUT2D eigenvalue weighted by molar-refractivity contribution is 5.96. The van der Waals surface area contributed by atoms with Crippen LogP contribution in [0.1, 0.15) is 22.3 Å². The number of likely N-dealkylation sites (N-methyl/N-ethyl adjacent to an activating group) is 2. The van der Waals surface area contributed by atoms with Crippen molar-refractivity contribution in [1.82, 2.24) is 9.80 Å². The largest absolute Gasteiger partial charge is 0.395 e. The molecule has 1 rings (SSSR count). The van der Waals surface area contributed by atoms with Crippen molar-refractivity contribution in [3.63, 3.8) is 0 Å². The number of rotatable bonds is 5. The minimum absolute atomic E-state index is 0.0271. The van der Waals surface area contributed by atoms with Crippen LogP contribution in [0.15, 0.2) is 24.3 Å². The fraction of sp³-hybridized carbons (Fsp3) is 0.438. The summed E-state index contributed by atoms with van der Waals surface area (Å²) >= 11 is 0. The van der Waals surface area contributed by atoms with E-state index in [1.165, 1.54) is 0 Å². The number of aliphatic hydroxyl groups excluding tert-OH is 1. The first-order chi connectivity index (χ1) is 9.56. The molecule has 1 aromatic rings. The third kappa shape index (κ3) is 5.04. The van der Waals surface area contributed by atoms with Crippen molar-refractivity contribution in [2.24, 2.45) is 0 Å². The average molecular weight is 274 g/mol. The van der Waals surface area contributed by atoms with E-state index in [1.54, 1.807) is 18.0 Å². The Balaban J connectivity index is 2.85. The molecule has 4 nitrogen and oxygen atoms in total. The summed E-state index contributed by atoms with van der Waals surface area (Å²) in [5.41, 5.74) is 1.32. The van der Waals surface area contributed by atoms with E-state index in [-0.39, 0.29) is 12.5 Å². The quantitative estimate of drug-likeness (QED) is 0.816. The zero-order valence-corrected chi connectivity index (χ0v) is 12.4. The second-order valence-corrected chi connectivity index (χ2v) is 4.85.